The molecule has 0 aliphatic heterocycles. The zero-order chi connectivity index (χ0) is 13.0. The van der Waals surface area contributed by atoms with Crippen LogP contribution in [0.25, 0.3) is 0 Å². The number of ether oxygens (including phenoxy) is 1. The molecule has 94 valence electrons. The van der Waals surface area contributed by atoms with Crippen molar-refractivity contribution in [3.05, 3.63) is 52.4 Å². The molecule has 0 radical (unpaired) electrons. The first-order valence-corrected chi connectivity index (χ1v) is 6.16. The number of methoxy groups -OCH3 is 1. The molecule has 2 rings (SSSR count). The number of halogens is 2. The third kappa shape index (κ3) is 3.20. The number of benzene rings is 1. The van der Waals surface area contributed by atoms with Crippen molar-refractivity contribution in [2.75, 3.05) is 12.4 Å². The zero-order valence-electron chi connectivity index (χ0n) is 9.78. The molecule has 0 spiro atoms. The summed E-state index contributed by atoms with van der Waals surface area (Å²) >= 11 is 3.16. The van der Waals surface area contributed by atoms with Crippen molar-refractivity contribution < 1.29 is 9.13 Å². The van der Waals surface area contributed by atoms with E-state index in [4.69, 9.17) is 4.74 Å². The fraction of sp³-hybridized carbons (Fsp3) is 0.154. The smallest absolute Gasteiger partial charge is 0.213 e. The second kappa shape index (κ2) is 5.82. The Morgan fingerprint density at radius 3 is 2.78 bits per heavy atom. The van der Waals surface area contributed by atoms with Crippen LogP contribution in [0, 0.1) is 5.82 Å². The fourth-order valence-corrected chi connectivity index (χ4v) is 1.89. The molecule has 0 unspecified atom stereocenters. The van der Waals surface area contributed by atoms with Gasteiger partial charge in [0.25, 0.3) is 0 Å². The number of nitrogens with zero attached hydrogens (tertiary/aromatic N) is 1. The lowest BCUT2D eigenvalue weighted by atomic mass is 10.2. The van der Waals surface area contributed by atoms with Gasteiger partial charge in [-0.15, -0.1) is 0 Å². The first kappa shape index (κ1) is 12.8. The molecule has 0 aliphatic rings. The van der Waals surface area contributed by atoms with E-state index >= 15 is 0 Å². The number of pyridine rings is 1. The molecule has 0 fully saturated rings. The number of rotatable bonds is 4. The Hall–Kier alpha value is -1.62. The Morgan fingerprint density at radius 1 is 1.33 bits per heavy atom. The number of nitrogens with one attached hydrogen (secondary N) is 1. The molecule has 1 N–H and O–H groups in total. The van der Waals surface area contributed by atoms with Crippen molar-refractivity contribution in [2.45, 2.75) is 6.54 Å². The predicted molar refractivity (Wildman–Crippen MR) is 72.2 cm³/mol. The van der Waals surface area contributed by atoms with E-state index in [0.29, 0.717) is 16.9 Å². The van der Waals surface area contributed by atoms with Crippen molar-refractivity contribution in [1.82, 2.24) is 4.98 Å². The highest BCUT2D eigenvalue weighted by Gasteiger charge is 2.01. The topological polar surface area (TPSA) is 34.1 Å². The molecule has 2 aromatic rings. The monoisotopic (exact) mass is 310 g/mol. The molecule has 1 aromatic heterocycles. The van der Waals surface area contributed by atoms with Gasteiger partial charge in [0.2, 0.25) is 5.88 Å². The molecule has 0 atom stereocenters. The molecule has 0 saturated carbocycles. The number of hydrogen-bond acceptors (Lipinski definition) is 3. The largest absolute Gasteiger partial charge is 0.481 e. The Morgan fingerprint density at radius 2 is 2.17 bits per heavy atom. The third-order valence-corrected chi connectivity index (χ3v) is 3.03. The van der Waals surface area contributed by atoms with Crippen LogP contribution in [0.3, 0.4) is 0 Å². The van der Waals surface area contributed by atoms with Gasteiger partial charge < -0.3 is 10.1 Å². The van der Waals surface area contributed by atoms with E-state index in [-0.39, 0.29) is 5.82 Å². The van der Waals surface area contributed by atoms with Gasteiger partial charge in [-0.25, -0.2) is 9.37 Å². The highest BCUT2D eigenvalue weighted by Crippen LogP contribution is 2.18. The molecular formula is C13H12BrFN2O. The molecule has 0 saturated heterocycles. The van der Waals surface area contributed by atoms with Gasteiger partial charge in [-0.3, -0.25) is 0 Å². The summed E-state index contributed by atoms with van der Waals surface area (Å²) in [6, 6.07) is 8.59. The van der Waals surface area contributed by atoms with E-state index in [9.17, 15) is 4.39 Å². The van der Waals surface area contributed by atoms with Gasteiger partial charge in [0.1, 0.15) is 5.82 Å². The molecule has 5 heteroatoms. The molecule has 0 aliphatic carbocycles. The summed E-state index contributed by atoms with van der Waals surface area (Å²) in [5.41, 5.74) is 1.87. The van der Waals surface area contributed by atoms with Crippen molar-refractivity contribution in [3.63, 3.8) is 0 Å². The Kier molecular flexibility index (Phi) is 4.15. The van der Waals surface area contributed by atoms with Crippen molar-refractivity contribution in [2.24, 2.45) is 0 Å². The van der Waals surface area contributed by atoms with Crippen LogP contribution >= 0.6 is 15.9 Å². The maximum absolute atomic E-state index is 13.1. The molecular weight excluding hydrogens is 299 g/mol. The minimum atomic E-state index is -0.259. The highest BCUT2D eigenvalue weighted by atomic mass is 79.9. The highest BCUT2D eigenvalue weighted by molar-refractivity contribution is 9.10. The number of hydrogen-bond donors (Lipinski definition) is 1. The van der Waals surface area contributed by atoms with E-state index < -0.39 is 0 Å². The van der Waals surface area contributed by atoms with Crippen LogP contribution in [-0.2, 0) is 6.54 Å². The van der Waals surface area contributed by atoms with Gasteiger partial charge in [0.15, 0.2) is 0 Å². The van der Waals surface area contributed by atoms with Crippen LogP contribution in [-0.4, -0.2) is 12.1 Å². The molecule has 0 amide bonds. The zero-order valence-corrected chi connectivity index (χ0v) is 11.4. The molecule has 1 heterocycles. The summed E-state index contributed by atoms with van der Waals surface area (Å²) in [6.45, 7) is 0.604. The van der Waals surface area contributed by atoms with Crippen molar-refractivity contribution in [1.29, 1.82) is 0 Å². The summed E-state index contributed by atoms with van der Waals surface area (Å²) in [5, 5.41) is 3.20. The van der Waals surface area contributed by atoms with Crippen molar-refractivity contribution >= 4 is 21.6 Å². The maximum atomic E-state index is 13.1. The standard InChI is InChI=1S/C13H12BrFN2O/c1-18-13-5-3-10(8-17-13)16-7-9-2-4-12(15)11(14)6-9/h2-6,8,16H,7H2,1H3. The van der Waals surface area contributed by atoms with Gasteiger partial charge in [-0.2, -0.15) is 0 Å². The van der Waals surface area contributed by atoms with Gasteiger partial charge in [0, 0.05) is 12.6 Å². The summed E-state index contributed by atoms with van der Waals surface area (Å²) in [4.78, 5) is 4.09. The first-order chi connectivity index (χ1) is 8.69. The Labute approximate surface area is 113 Å². The minimum Gasteiger partial charge on any atom is -0.481 e. The second-order valence-corrected chi connectivity index (χ2v) is 4.55. The lowest BCUT2D eigenvalue weighted by molar-refractivity contribution is 0.398. The van der Waals surface area contributed by atoms with Crippen LogP contribution in [0.15, 0.2) is 41.0 Å². The van der Waals surface area contributed by atoms with E-state index in [1.165, 1.54) is 6.07 Å². The SMILES string of the molecule is COc1ccc(NCc2ccc(F)c(Br)c2)cn1. The number of aromatic nitrogens is 1. The van der Waals surface area contributed by atoms with Crippen LogP contribution in [0.1, 0.15) is 5.56 Å². The second-order valence-electron chi connectivity index (χ2n) is 3.69. The van der Waals surface area contributed by atoms with Crippen LogP contribution in [0.4, 0.5) is 10.1 Å². The van der Waals surface area contributed by atoms with Gasteiger partial charge in [-0.05, 0) is 39.7 Å². The Balaban J connectivity index is 1.99. The summed E-state index contributed by atoms with van der Waals surface area (Å²) in [7, 11) is 1.57. The summed E-state index contributed by atoms with van der Waals surface area (Å²) in [6.07, 6.45) is 1.69. The lowest BCUT2D eigenvalue weighted by Gasteiger charge is -2.07. The first-order valence-electron chi connectivity index (χ1n) is 5.37. The van der Waals surface area contributed by atoms with Gasteiger partial charge >= 0.3 is 0 Å². The van der Waals surface area contributed by atoms with Crippen molar-refractivity contribution in [3.8, 4) is 5.88 Å². The van der Waals surface area contributed by atoms with E-state index in [1.807, 2.05) is 6.07 Å². The molecule has 1 aromatic carbocycles. The van der Waals surface area contributed by atoms with Gasteiger partial charge in [-0.1, -0.05) is 6.07 Å². The Bertz CT molecular complexity index is 531. The molecule has 0 bridgehead atoms. The minimum absolute atomic E-state index is 0.259. The molecule has 18 heavy (non-hydrogen) atoms. The summed E-state index contributed by atoms with van der Waals surface area (Å²) < 4.78 is 18.5. The van der Waals surface area contributed by atoms with Gasteiger partial charge in [0.05, 0.1) is 23.5 Å². The predicted octanol–water partition coefficient (Wildman–Crippen LogP) is 3.60. The quantitative estimate of drug-likeness (QED) is 0.937. The van der Waals surface area contributed by atoms with Crippen LogP contribution in [0.5, 0.6) is 5.88 Å². The van der Waals surface area contributed by atoms with Crippen LogP contribution < -0.4 is 10.1 Å². The van der Waals surface area contributed by atoms with E-state index in [0.717, 1.165) is 11.3 Å². The fourth-order valence-electron chi connectivity index (χ4n) is 1.46. The van der Waals surface area contributed by atoms with Crippen LogP contribution in [0.2, 0.25) is 0 Å². The number of anilines is 1. The van der Waals surface area contributed by atoms with E-state index in [2.05, 4.69) is 26.2 Å². The normalized spacial score (nSPS) is 10.2. The lowest BCUT2D eigenvalue weighted by Crippen LogP contribution is -2.00. The third-order valence-electron chi connectivity index (χ3n) is 2.43. The van der Waals surface area contributed by atoms with E-state index in [1.54, 1.807) is 31.5 Å². The average molecular weight is 311 g/mol. The molecule has 3 nitrogen and oxygen atoms in total. The average Bonchev–Trinajstić information content (AvgIpc) is 2.41. The maximum Gasteiger partial charge on any atom is 0.213 e. The summed E-state index contributed by atoms with van der Waals surface area (Å²) in [5.74, 6) is 0.315.